The maximum Gasteiger partial charge on any atom is 0.234 e. The second kappa shape index (κ2) is 7.76. The van der Waals surface area contributed by atoms with Gasteiger partial charge in [-0.2, -0.15) is 0 Å². The fraction of sp³-hybridized carbons (Fsp3) is 0.533. The van der Waals surface area contributed by atoms with E-state index in [9.17, 15) is 4.79 Å². The molecule has 1 saturated heterocycles. The zero-order valence-electron chi connectivity index (χ0n) is 11.8. The minimum Gasteiger partial charge on any atom is -0.379 e. The summed E-state index contributed by atoms with van der Waals surface area (Å²) < 4.78 is 6.35. The van der Waals surface area contributed by atoms with Gasteiger partial charge >= 0.3 is 0 Å². The lowest BCUT2D eigenvalue weighted by Crippen LogP contribution is -2.45. The van der Waals surface area contributed by atoms with Gasteiger partial charge in [0.25, 0.3) is 0 Å². The lowest BCUT2D eigenvalue weighted by molar-refractivity contribution is -0.123. The van der Waals surface area contributed by atoms with Crippen LogP contribution in [0.5, 0.6) is 0 Å². The Balaban J connectivity index is 1.74. The summed E-state index contributed by atoms with van der Waals surface area (Å²) in [5.74, 6) is 0.0940. The number of carbonyl (C=O) groups is 1. The fourth-order valence-electron chi connectivity index (χ4n) is 2.31. The summed E-state index contributed by atoms with van der Waals surface area (Å²) in [7, 11) is 0. The molecular weight excluding hydrogens is 320 g/mol. The van der Waals surface area contributed by atoms with Crippen molar-refractivity contribution in [2.75, 3.05) is 32.8 Å². The number of carbonyl (C=O) groups excluding carboxylic acids is 1. The summed E-state index contributed by atoms with van der Waals surface area (Å²) in [5, 5.41) is 3.06. The highest BCUT2D eigenvalue weighted by Crippen LogP contribution is 2.11. The molecule has 0 aromatic heterocycles. The molecule has 1 fully saturated rings. The van der Waals surface area contributed by atoms with Gasteiger partial charge in [0.1, 0.15) is 0 Å². The minimum atomic E-state index is 0.0940. The van der Waals surface area contributed by atoms with Crippen LogP contribution in [0.25, 0.3) is 0 Å². The van der Waals surface area contributed by atoms with Crippen molar-refractivity contribution in [3.05, 3.63) is 34.3 Å². The van der Waals surface area contributed by atoms with Gasteiger partial charge in [-0.15, -0.1) is 0 Å². The molecule has 1 aromatic carbocycles. The highest BCUT2D eigenvalue weighted by Gasteiger charge is 2.15. The van der Waals surface area contributed by atoms with E-state index in [0.29, 0.717) is 6.54 Å². The Morgan fingerprint density at radius 3 is 2.65 bits per heavy atom. The molecule has 0 saturated carbocycles. The van der Waals surface area contributed by atoms with Crippen molar-refractivity contribution in [1.29, 1.82) is 0 Å². The third kappa shape index (κ3) is 5.23. The average molecular weight is 341 g/mol. The van der Waals surface area contributed by atoms with Crippen molar-refractivity contribution in [2.24, 2.45) is 0 Å². The summed E-state index contributed by atoms with van der Waals surface area (Å²) in [6.45, 7) is 5.64. The van der Waals surface area contributed by atoms with Crippen molar-refractivity contribution in [1.82, 2.24) is 10.2 Å². The van der Waals surface area contributed by atoms with Crippen molar-refractivity contribution in [2.45, 2.75) is 19.4 Å². The van der Waals surface area contributed by atoms with Crippen molar-refractivity contribution >= 4 is 21.8 Å². The molecule has 20 heavy (non-hydrogen) atoms. The molecule has 1 aromatic rings. The average Bonchev–Trinajstić information content (AvgIpc) is 2.42. The summed E-state index contributed by atoms with van der Waals surface area (Å²) >= 11 is 3.42. The molecule has 4 nitrogen and oxygen atoms in total. The first-order chi connectivity index (χ1) is 9.63. The second-order valence-corrected chi connectivity index (χ2v) is 6.10. The number of morpholine rings is 1. The normalized spacial score (nSPS) is 17.7. The van der Waals surface area contributed by atoms with Crippen LogP contribution < -0.4 is 5.32 Å². The van der Waals surface area contributed by atoms with Crippen LogP contribution in [0.2, 0.25) is 0 Å². The quantitative estimate of drug-likeness (QED) is 0.889. The summed E-state index contributed by atoms with van der Waals surface area (Å²) in [6, 6.07) is 8.35. The highest BCUT2D eigenvalue weighted by molar-refractivity contribution is 9.10. The zero-order valence-corrected chi connectivity index (χ0v) is 13.4. The predicted octanol–water partition coefficient (Wildman–Crippen LogP) is 1.83. The van der Waals surface area contributed by atoms with Gasteiger partial charge in [0.05, 0.1) is 19.8 Å². The molecule has 1 N–H and O–H groups in total. The number of nitrogens with zero attached hydrogens (tertiary/aromatic N) is 1. The summed E-state index contributed by atoms with van der Waals surface area (Å²) in [4.78, 5) is 14.1. The van der Waals surface area contributed by atoms with Gasteiger partial charge < -0.3 is 10.1 Å². The Bertz CT molecular complexity index is 430. The van der Waals surface area contributed by atoms with Gasteiger partial charge in [0.2, 0.25) is 5.91 Å². The van der Waals surface area contributed by atoms with Crippen LogP contribution in [0, 0.1) is 0 Å². The maximum atomic E-state index is 12.0. The van der Waals surface area contributed by atoms with Gasteiger partial charge in [0, 0.05) is 23.6 Å². The lowest BCUT2D eigenvalue weighted by Gasteiger charge is -2.26. The SMILES string of the molecule is CC(Cc1ccc(Br)cc1)NC(=O)CN1CCOCC1. The zero-order chi connectivity index (χ0) is 14.4. The van der Waals surface area contributed by atoms with Crippen LogP contribution >= 0.6 is 15.9 Å². The molecule has 1 aliphatic heterocycles. The first-order valence-electron chi connectivity index (χ1n) is 6.97. The number of halogens is 1. The predicted molar refractivity (Wildman–Crippen MR) is 82.7 cm³/mol. The van der Waals surface area contributed by atoms with E-state index < -0.39 is 0 Å². The Labute approximate surface area is 128 Å². The van der Waals surface area contributed by atoms with E-state index in [0.717, 1.165) is 37.2 Å². The van der Waals surface area contributed by atoms with E-state index in [1.54, 1.807) is 0 Å². The van der Waals surface area contributed by atoms with E-state index in [-0.39, 0.29) is 11.9 Å². The Hall–Kier alpha value is -0.910. The maximum absolute atomic E-state index is 12.0. The summed E-state index contributed by atoms with van der Waals surface area (Å²) in [6.07, 6.45) is 0.849. The van der Waals surface area contributed by atoms with E-state index in [1.165, 1.54) is 5.56 Å². The Kier molecular flexibility index (Phi) is 6.01. The largest absolute Gasteiger partial charge is 0.379 e. The van der Waals surface area contributed by atoms with E-state index in [4.69, 9.17) is 4.74 Å². The third-order valence-electron chi connectivity index (χ3n) is 3.33. The lowest BCUT2D eigenvalue weighted by atomic mass is 10.1. The number of rotatable bonds is 5. The number of ether oxygens (including phenoxy) is 1. The summed E-state index contributed by atoms with van der Waals surface area (Å²) in [5.41, 5.74) is 1.23. The second-order valence-electron chi connectivity index (χ2n) is 5.19. The number of benzene rings is 1. The first kappa shape index (κ1) is 15.5. The van der Waals surface area contributed by atoms with Crippen LogP contribution in [0.3, 0.4) is 0 Å². The van der Waals surface area contributed by atoms with Gasteiger partial charge in [-0.1, -0.05) is 28.1 Å². The molecular formula is C15H21BrN2O2. The van der Waals surface area contributed by atoms with E-state index in [1.807, 2.05) is 19.1 Å². The smallest absolute Gasteiger partial charge is 0.234 e. The number of hydrogen-bond donors (Lipinski definition) is 1. The monoisotopic (exact) mass is 340 g/mol. The molecule has 0 aliphatic carbocycles. The number of nitrogens with one attached hydrogen (secondary N) is 1. The molecule has 110 valence electrons. The fourth-order valence-corrected chi connectivity index (χ4v) is 2.57. The van der Waals surface area contributed by atoms with Gasteiger partial charge in [-0.05, 0) is 31.0 Å². The van der Waals surface area contributed by atoms with Crippen LogP contribution in [0.4, 0.5) is 0 Å². The van der Waals surface area contributed by atoms with Crippen molar-refractivity contribution < 1.29 is 9.53 Å². The number of amides is 1. The first-order valence-corrected chi connectivity index (χ1v) is 7.76. The minimum absolute atomic E-state index is 0.0940. The molecule has 5 heteroatoms. The molecule has 1 heterocycles. The molecule has 1 atom stereocenters. The van der Waals surface area contributed by atoms with Crippen molar-refractivity contribution in [3.63, 3.8) is 0 Å². The standard InChI is InChI=1S/C15H21BrN2O2/c1-12(10-13-2-4-14(16)5-3-13)17-15(19)11-18-6-8-20-9-7-18/h2-5,12H,6-11H2,1H3,(H,17,19). The van der Waals surface area contributed by atoms with Gasteiger partial charge in [-0.3, -0.25) is 9.69 Å². The molecule has 1 amide bonds. The number of hydrogen-bond acceptors (Lipinski definition) is 3. The van der Waals surface area contributed by atoms with Crippen LogP contribution in [0.15, 0.2) is 28.7 Å². The van der Waals surface area contributed by atoms with Gasteiger partial charge in [0.15, 0.2) is 0 Å². The molecule has 2 rings (SSSR count). The Morgan fingerprint density at radius 1 is 1.35 bits per heavy atom. The molecule has 0 radical (unpaired) electrons. The highest BCUT2D eigenvalue weighted by atomic mass is 79.9. The molecule has 1 aliphatic rings. The van der Waals surface area contributed by atoms with E-state index in [2.05, 4.69) is 38.3 Å². The molecule has 0 spiro atoms. The van der Waals surface area contributed by atoms with Crippen LogP contribution in [-0.4, -0.2) is 49.7 Å². The van der Waals surface area contributed by atoms with Crippen LogP contribution in [-0.2, 0) is 16.0 Å². The topological polar surface area (TPSA) is 41.6 Å². The van der Waals surface area contributed by atoms with Crippen molar-refractivity contribution in [3.8, 4) is 0 Å². The molecule has 1 unspecified atom stereocenters. The third-order valence-corrected chi connectivity index (χ3v) is 3.86. The van der Waals surface area contributed by atoms with Gasteiger partial charge in [-0.25, -0.2) is 0 Å². The van der Waals surface area contributed by atoms with Crippen LogP contribution in [0.1, 0.15) is 12.5 Å². The Morgan fingerprint density at radius 2 is 2.00 bits per heavy atom. The molecule has 0 bridgehead atoms. The van der Waals surface area contributed by atoms with E-state index >= 15 is 0 Å².